The number of carbonyl (C=O) groups excluding carboxylic acids is 1. The highest BCUT2D eigenvalue weighted by Gasteiger charge is 2.10. The zero-order chi connectivity index (χ0) is 16.7. The molecule has 0 spiro atoms. The first-order valence-electron chi connectivity index (χ1n) is 7.99. The van der Waals surface area contributed by atoms with Gasteiger partial charge in [0.15, 0.2) is 0 Å². The summed E-state index contributed by atoms with van der Waals surface area (Å²) in [6, 6.07) is 10.2. The van der Waals surface area contributed by atoms with Crippen LogP contribution in [0, 0.1) is 6.92 Å². The molecule has 0 aliphatic carbocycles. The first-order chi connectivity index (χ1) is 11.1. The summed E-state index contributed by atoms with van der Waals surface area (Å²) in [7, 11) is 0. The van der Waals surface area contributed by atoms with E-state index in [0.29, 0.717) is 19.2 Å². The Kier molecular flexibility index (Phi) is 6.35. The van der Waals surface area contributed by atoms with Crippen LogP contribution in [0.1, 0.15) is 37.0 Å². The fourth-order valence-electron chi connectivity index (χ4n) is 2.59. The minimum Gasteiger partial charge on any atom is -0.367 e. The standard InChI is InChI=1S/C18H25N3O2/c1-14(2)21-15(3)11-20-17(21)9-10-19-18(22)13-23-12-16-7-5-4-6-8-16/h4-8,11,14H,9-10,12-13H2,1-3H3,(H,19,22). The number of aromatic nitrogens is 2. The van der Waals surface area contributed by atoms with Gasteiger partial charge in [-0.05, 0) is 26.3 Å². The van der Waals surface area contributed by atoms with E-state index in [1.807, 2.05) is 43.5 Å². The Morgan fingerprint density at radius 1 is 1.30 bits per heavy atom. The van der Waals surface area contributed by atoms with E-state index in [9.17, 15) is 4.79 Å². The number of imidazole rings is 1. The number of hydrogen-bond acceptors (Lipinski definition) is 3. The average molecular weight is 315 g/mol. The second-order valence-corrected chi connectivity index (χ2v) is 5.86. The number of aryl methyl sites for hydroxylation is 1. The third-order valence-corrected chi connectivity index (χ3v) is 3.59. The maximum Gasteiger partial charge on any atom is 0.246 e. The first kappa shape index (κ1) is 17.2. The molecule has 1 aromatic carbocycles. The van der Waals surface area contributed by atoms with Crippen molar-refractivity contribution in [3.05, 3.63) is 53.6 Å². The zero-order valence-corrected chi connectivity index (χ0v) is 14.1. The quantitative estimate of drug-likeness (QED) is 0.815. The molecule has 124 valence electrons. The number of benzene rings is 1. The van der Waals surface area contributed by atoms with Gasteiger partial charge in [-0.3, -0.25) is 4.79 Å². The molecule has 0 atom stereocenters. The van der Waals surface area contributed by atoms with Crippen LogP contribution in [0.4, 0.5) is 0 Å². The number of carbonyl (C=O) groups is 1. The van der Waals surface area contributed by atoms with E-state index in [1.165, 1.54) is 0 Å². The maximum absolute atomic E-state index is 11.8. The van der Waals surface area contributed by atoms with Crippen LogP contribution in [0.5, 0.6) is 0 Å². The van der Waals surface area contributed by atoms with Crippen LogP contribution in [-0.4, -0.2) is 28.6 Å². The van der Waals surface area contributed by atoms with E-state index < -0.39 is 0 Å². The Labute approximate surface area is 137 Å². The number of amides is 1. The monoisotopic (exact) mass is 315 g/mol. The zero-order valence-electron chi connectivity index (χ0n) is 14.1. The van der Waals surface area contributed by atoms with Crippen molar-refractivity contribution in [2.75, 3.05) is 13.2 Å². The normalized spacial score (nSPS) is 11.0. The molecule has 0 fully saturated rings. The molecular weight excluding hydrogens is 290 g/mol. The van der Waals surface area contributed by atoms with E-state index in [1.54, 1.807) is 0 Å². The lowest BCUT2D eigenvalue weighted by Gasteiger charge is -2.14. The van der Waals surface area contributed by atoms with Gasteiger partial charge < -0.3 is 14.6 Å². The summed E-state index contributed by atoms with van der Waals surface area (Å²) in [5, 5.41) is 2.88. The third-order valence-electron chi connectivity index (χ3n) is 3.59. The Balaban J connectivity index is 1.69. The van der Waals surface area contributed by atoms with Crippen LogP contribution in [0.2, 0.25) is 0 Å². The fourth-order valence-corrected chi connectivity index (χ4v) is 2.59. The Morgan fingerprint density at radius 2 is 2.04 bits per heavy atom. The van der Waals surface area contributed by atoms with Gasteiger partial charge in [0.2, 0.25) is 5.91 Å². The van der Waals surface area contributed by atoms with E-state index in [2.05, 4.69) is 28.7 Å². The minimum absolute atomic E-state index is 0.0759. The molecule has 0 aliphatic heterocycles. The lowest BCUT2D eigenvalue weighted by atomic mass is 10.2. The molecule has 1 amide bonds. The maximum atomic E-state index is 11.8. The van der Waals surface area contributed by atoms with Gasteiger partial charge in [0.05, 0.1) is 6.61 Å². The van der Waals surface area contributed by atoms with E-state index >= 15 is 0 Å². The van der Waals surface area contributed by atoms with Gasteiger partial charge in [0.25, 0.3) is 0 Å². The summed E-state index contributed by atoms with van der Waals surface area (Å²) in [6.45, 7) is 7.41. The van der Waals surface area contributed by atoms with Crippen LogP contribution in [0.15, 0.2) is 36.5 Å². The highest BCUT2D eigenvalue weighted by molar-refractivity contribution is 5.77. The van der Waals surface area contributed by atoms with Crippen molar-refractivity contribution in [3.8, 4) is 0 Å². The second-order valence-electron chi connectivity index (χ2n) is 5.86. The lowest BCUT2D eigenvalue weighted by molar-refractivity contribution is -0.126. The first-order valence-corrected chi connectivity index (χ1v) is 7.99. The molecule has 0 saturated heterocycles. The molecule has 2 aromatic rings. The number of ether oxygens (including phenoxy) is 1. The molecule has 1 aromatic heterocycles. The fraction of sp³-hybridized carbons (Fsp3) is 0.444. The minimum atomic E-state index is -0.0969. The topological polar surface area (TPSA) is 56.1 Å². The van der Waals surface area contributed by atoms with E-state index in [0.717, 1.165) is 23.5 Å². The van der Waals surface area contributed by atoms with E-state index in [4.69, 9.17) is 4.74 Å². The molecular formula is C18H25N3O2. The van der Waals surface area contributed by atoms with Crippen molar-refractivity contribution < 1.29 is 9.53 Å². The number of rotatable bonds is 8. The average Bonchev–Trinajstić information content (AvgIpc) is 2.89. The molecule has 1 N–H and O–H groups in total. The van der Waals surface area contributed by atoms with Gasteiger partial charge >= 0.3 is 0 Å². The molecule has 23 heavy (non-hydrogen) atoms. The van der Waals surface area contributed by atoms with Gasteiger partial charge in [-0.1, -0.05) is 30.3 Å². The summed E-state index contributed by atoms with van der Waals surface area (Å²) >= 11 is 0. The lowest BCUT2D eigenvalue weighted by Crippen LogP contribution is -2.30. The van der Waals surface area contributed by atoms with Crippen LogP contribution < -0.4 is 5.32 Å². The van der Waals surface area contributed by atoms with Crippen molar-refractivity contribution in [3.63, 3.8) is 0 Å². The summed E-state index contributed by atoms with van der Waals surface area (Å²) in [5.74, 6) is 0.906. The van der Waals surface area contributed by atoms with Crippen molar-refractivity contribution in [2.24, 2.45) is 0 Å². The highest BCUT2D eigenvalue weighted by atomic mass is 16.5. The SMILES string of the molecule is Cc1cnc(CCNC(=O)COCc2ccccc2)n1C(C)C. The molecule has 5 nitrogen and oxygen atoms in total. The van der Waals surface area contributed by atoms with Crippen LogP contribution >= 0.6 is 0 Å². The van der Waals surface area contributed by atoms with Crippen molar-refractivity contribution >= 4 is 5.91 Å². The summed E-state index contributed by atoms with van der Waals surface area (Å²) in [4.78, 5) is 16.2. The second kappa shape index (κ2) is 8.48. The summed E-state index contributed by atoms with van der Waals surface area (Å²) in [5.41, 5.74) is 2.21. The molecule has 2 rings (SSSR count). The van der Waals surface area contributed by atoms with E-state index in [-0.39, 0.29) is 12.5 Å². The summed E-state index contributed by atoms with van der Waals surface area (Å²) in [6.07, 6.45) is 2.59. The highest BCUT2D eigenvalue weighted by Crippen LogP contribution is 2.12. The van der Waals surface area contributed by atoms with Crippen molar-refractivity contribution in [1.82, 2.24) is 14.9 Å². The third kappa shape index (κ3) is 5.21. The number of nitrogens with one attached hydrogen (secondary N) is 1. The van der Waals surface area contributed by atoms with Crippen molar-refractivity contribution in [2.45, 2.75) is 39.8 Å². The van der Waals surface area contributed by atoms with Gasteiger partial charge in [-0.15, -0.1) is 0 Å². The van der Waals surface area contributed by atoms with Crippen LogP contribution in [0.25, 0.3) is 0 Å². The largest absolute Gasteiger partial charge is 0.367 e. The predicted molar refractivity (Wildman–Crippen MR) is 90.2 cm³/mol. The molecule has 0 saturated carbocycles. The Hall–Kier alpha value is -2.14. The summed E-state index contributed by atoms with van der Waals surface area (Å²) < 4.78 is 7.61. The van der Waals surface area contributed by atoms with Crippen molar-refractivity contribution in [1.29, 1.82) is 0 Å². The Bertz CT molecular complexity index is 620. The smallest absolute Gasteiger partial charge is 0.246 e. The molecule has 0 unspecified atom stereocenters. The molecule has 0 radical (unpaired) electrons. The number of nitrogens with zero attached hydrogens (tertiary/aromatic N) is 2. The Morgan fingerprint density at radius 3 is 2.74 bits per heavy atom. The molecule has 1 heterocycles. The van der Waals surface area contributed by atoms with Gasteiger partial charge in [0, 0.05) is 30.9 Å². The van der Waals surface area contributed by atoms with Crippen LogP contribution in [0.3, 0.4) is 0 Å². The predicted octanol–water partition coefficient (Wildman–Crippen LogP) is 2.65. The molecule has 0 bridgehead atoms. The van der Waals surface area contributed by atoms with Gasteiger partial charge in [-0.2, -0.15) is 0 Å². The molecule has 5 heteroatoms. The van der Waals surface area contributed by atoms with Gasteiger partial charge in [-0.25, -0.2) is 4.98 Å². The number of hydrogen-bond donors (Lipinski definition) is 1. The van der Waals surface area contributed by atoms with Crippen LogP contribution in [-0.2, 0) is 22.6 Å². The molecule has 0 aliphatic rings. The van der Waals surface area contributed by atoms with Gasteiger partial charge in [0.1, 0.15) is 12.4 Å².